The molecule has 0 radical (unpaired) electrons. The van der Waals surface area contributed by atoms with Crippen LogP contribution in [0.25, 0.3) is 0 Å². The zero-order valence-corrected chi connectivity index (χ0v) is 23.8. The first-order valence-corrected chi connectivity index (χ1v) is 13.8. The van der Waals surface area contributed by atoms with Crippen LogP contribution in [0.2, 0.25) is 0 Å². The smallest absolute Gasteiger partial charge is 0.314 e. The second-order valence-electron chi connectivity index (χ2n) is 9.39. The molecule has 214 valence electrons. The molecule has 7 nitrogen and oxygen atoms in total. The summed E-state index contributed by atoms with van der Waals surface area (Å²) in [6, 6.07) is 0. The monoisotopic (exact) mass is 543 g/mol. The summed E-state index contributed by atoms with van der Waals surface area (Å²) in [5.41, 5.74) is 0. The fraction of sp³-hybridized carbons (Fsp3) is 0.724. The minimum absolute atomic E-state index is 0. The van der Waals surface area contributed by atoms with Gasteiger partial charge in [-0.1, -0.05) is 63.5 Å². The van der Waals surface area contributed by atoms with Crippen molar-refractivity contribution in [2.75, 3.05) is 20.1 Å². The van der Waals surface area contributed by atoms with Gasteiger partial charge < -0.3 is 14.4 Å². The Labute approximate surface area is 230 Å². The van der Waals surface area contributed by atoms with Crippen molar-refractivity contribution >= 4 is 36.3 Å². The highest BCUT2D eigenvalue weighted by atomic mass is 35.5. The van der Waals surface area contributed by atoms with E-state index in [9.17, 15) is 19.2 Å². The van der Waals surface area contributed by atoms with E-state index in [1.54, 1.807) is 11.9 Å². The van der Waals surface area contributed by atoms with Gasteiger partial charge >= 0.3 is 23.9 Å². The van der Waals surface area contributed by atoms with Crippen LogP contribution in [0.5, 0.6) is 0 Å². The highest BCUT2D eigenvalue weighted by molar-refractivity contribution is 5.86. The third-order valence-corrected chi connectivity index (χ3v) is 5.93. The van der Waals surface area contributed by atoms with Gasteiger partial charge in [0.25, 0.3) is 0 Å². The highest BCUT2D eigenvalue weighted by Crippen LogP contribution is 2.10. The lowest BCUT2D eigenvalue weighted by molar-refractivity contribution is -0.161. The number of nitrogens with zero attached hydrogens (tertiary/aromatic N) is 1. The molecule has 0 atom stereocenters. The molecule has 0 N–H and O–H groups in total. The van der Waals surface area contributed by atoms with Crippen molar-refractivity contribution in [3.05, 3.63) is 25.3 Å². The number of esters is 4. The van der Waals surface area contributed by atoms with Crippen LogP contribution in [0.4, 0.5) is 0 Å². The minimum Gasteiger partial charge on any atom is -0.393 e. The minimum atomic E-state index is -0.560. The van der Waals surface area contributed by atoms with E-state index in [-0.39, 0.29) is 38.1 Å². The number of hydrogen-bond acceptors (Lipinski definition) is 7. The van der Waals surface area contributed by atoms with Crippen molar-refractivity contribution in [1.29, 1.82) is 0 Å². The molecule has 0 amide bonds. The Hall–Kier alpha value is -1.99. The van der Waals surface area contributed by atoms with Gasteiger partial charge in [-0.15, -0.1) is 25.6 Å². The molecule has 0 aromatic heterocycles. The Kier molecular flexibility index (Phi) is 27.2. The first-order chi connectivity index (χ1) is 17.4. The maximum atomic E-state index is 11.9. The molecule has 0 saturated carbocycles. The molecule has 0 aliphatic rings. The second kappa shape index (κ2) is 27.1. The molecular weight excluding hydrogens is 494 g/mol. The SMILES string of the molecule is C=CCCCCCCCCC(=O)OC(=O)CCN(C)CCC(=O)OC(=O)CCCCCCCCC=C.Cl. The highest BCUT2D eigenvalue weighted by Gasteiger charge is 2.14. The number of carbonyl (C=O) groups is 4. The quantitative estimate of drug-likeness (QED) is 0.0567. The Morgan fingerprint density at radius 2 is 0.838 bits per heavy atom. The van der Waals surface area contributed by atoms with Crippen LogP contribution >= 0.6 is 12.4 Å². The van der Waals surface area contributed by atoms with Crippen LogP contribution in [0.15, 0.2) is 25.3 Å². The molecule has 0 aliphatic heterocycles. The Balaban J connectivity index is 0. The summed E-state index contributed by atoms with van der Waals surface area (Å²) in [5.74, 6) is -2.09. The molecule has 0 rings (SSSR count). The van der Waals surface area contributed by atoms with Crippen molar-refractivity contribution in [1.82, 2.24) is 4.90 Å². The Morgan fingerprint density at radius 1 is 0.541 bits per heavy atom. The molecule has 8 heteroatoms. The molecule has 0 bridgehead atoms. The number of allylic oxidation sites excluding steroid dienone is 2. The van der Waals surface area contributed by atoms with Gasteiger partial charge in [-0.3, -0.25) is 19.2 Å². The number of carbonyl (C=O) groups excluding carboxylic acids is 4. The van der Waals surface area contributed by atoms with Gasteiger partial charge in [-0.25, -0.2) is 0 Å². The fourth-order valence-corrected chi connectivity index (χ4v) is 3.66. The van der Waals surface area contributed by atoms with Crippen LogP contribution in [-0.4, -0.2) is 48.9 Å². The molecule has 37 heavy (non-hydrogen) atoms. The fourth-order valence-electron chi connectivity index (χ4n) is 3.66. The van der Waals surface area contributed by atoms with E-state index in [0.29, 0.717) is 13.1 Å². The summed E-state index contributed by atoms with van der Waals surface area (Å²) < 4.78 is 9.72. The van der Waals surface area contributed by atoms with E-state index in [1.807, 2.05) is 12.2 Å². The van der Waals surface area contributed by atoms with E-state index in [0.717, 1.165) is 77.0 Å². The van der Waals surface area contributed by atoms with Gasteiger partial charge in [0.15, 0.2) is 0 Å². The van der Waals surface area contributed by atoms with Gasteiger partial charge in [0.1, 0.15) is 0 Å². The number of hydrogen-bond donors (Lipinski definition) is 0. The number of unbranched alkanes of at least 4 members (excludes halogenated alkanes) is 12. The maximum absolute atomic E-state index is 11.9. The predicted molar refractivity (Wildman–Crippen MR) is 150 cm³/mol. The van der Waals surface area contributed by atoms with Crippen molar-refractivity contribution < 1.29 is 28.7 Å². The molecular formula is C29H50ClNO6. The maximum Gasteiger partial charge on any atom is 0.314 e. The van der Waals surface area contributed by atoms with Crippen LogP contribution in [-0.2, 0) is 28.7 Å². The molecule has 0 aromatic rings. The molecule has 0 aromatic carbocycles. The van der Waals surface area contributed by atoms with Gasteiger partial charge in [0, 0.05) is 25.9 Å². The van der Waals surface area contributed by atoms with Gasteiger partial charge in [-0.2, -0.15) is 0 Å². The van der Waals surface area contributed by atoms with Crippen molar-refractivity contribution in [2.45, 2.75) is 116 Å². The van der Waals surface area contributed by atoms with E-state index >= 15 is 0 Å². The average molecular weight is 544 g/mol. The normalized spacial score (nSPS) is 10.4. The zero-order valence-electron chi connectivity index (χ0n) is 23.0. The first-order valence-electron chi connectivity index (χ1n) is 13.8. The zero-order chi connectivity index (χ0) is 26.9. The third-order valence-electron chi connectivity index (χ3n) is 5.93. The van der Waals surface area contributed by atoms with Gasteiger partial charge in [0.2, 0.25) is 0 Å². The third kappa shape index (κ3) is 26.9. The van der Waals surface area contributed by atoms with Crippen molar-refractivity contribution in [2.24, 2.45) is 0 Å². The van der Waals surface area contributed by atoms with Crippen molar-refractivity contribution in [3.63, 3.8) is 0 Å². The van der Waals surface area contributed by atoms with E-state index < -0.39 is 23.9 Å². The van der Waals surface area contributed by atoms with Crippen LogP contribution in [0, 0.1) is 0 Å². The van der Waals surface area contributed by atoms with Crippen LogP contribution < -0.4 is 0 Å². The van der Waals surface area contributed by atoms with E-state index in [4.69, 9.17) is 9.47 Å². The number of rotatable bonds is 24. The summed E-state index contributed by atoms with van der Waals surface area (Å²) in [7, 11) is 1.76. The lowest BCUT2D eigenvalue weighted by Gasteiger charge is -2.15. The first kappa shape index (κ1) is 37.2. The van der Waals surface area contributed by atoms with E-state index in [2.05, 4.69) is 13.2 Å². The van der Waals surface area contributed by atoms with E-state index in [1.165, 1.54) is 12.8 Å². The molecule has 0 unspecified atom stereocenters. The standard InChI is InChI=1S/C29H49NO6.ClH/c1-4-6-8-10-12-14-16-18-20-26(31)35-28(33)22-24-30(3)25-23-29(34)36-27(32)21-19-17-15-13-11-9-7-5-2;/h4-5H,1-2,6-25H2,3H3;1H. The van der Waals surface area contributed by atoms with Crippen molar-refractivity contribution in [3.8, 4) is 0 Å². The Bertz CT molecular complexity index is 598. The molecule has 0 fully saturated rings. The number of ether oxygens (including phenoxy) is 2. The van der Waals surface area contributed by atoms with Gasteiger partial charge in [0.05, 0.1) is 12.8 Å². The molecule has 0 aliphatic carbocycles. The molecule has 0 heterocycles. The lowest BCUT2D eigenvalue weighted by Crippen LogP contribution is -2.27. The second-order valence-corrected chi connectivity index (χ2v) is 9.39. The average Bonchev–Trinajstić information content (AvgIpc) is 2.84. The van der Waals surface area contributed by atoms with Gasteiger partial charge in [-0.05, 0) is 45.6 Å². The summed E-state index contributed by atoms with van der Waals surface area (Å²) in [6.07, 6.45) is 19.1. The largest absolute Gasteiger partial charge is 0.393 e. The Morgan fingerprint density at radius 3 is 1.19 bits per heavy atom. The summed E-state index contributed by atoms with van der Waals surface area (Å²) in [6.45, 7) is 8.12. The summed E-state index contributed by atoms with van der Waals surface area (Å²) >= 11 is 0. The lowest BCUT2D eigenvalue weighted by atomic mass is 10.1. The predicted octanol–water partition coefficient (Wildman–Crippen LogP) is 6.87. The number of halogens is 1. The summed E-state index contributed by atoms with van der Waals surface area (Å²) in [5, 5.41) is 0. The topological polar surface area (TPSA) is 90.0 Å². The van der Waals surface area contributed by atoms with Crippen LogP contribution in [0.3, 0.4) is 0 Å². The summed E-state index contributed by atoms with van der Waals surface area (Å²) in [4.78, 5) is 49.1. The molecule has 0 spiro atoms. The van der Waals surface area contributed by atoms with Crippen LogP contribution in [0.1, 0.15) is 116 Å². The molecule has 0 saturated heterocycles.